The molecule has 27 heavy (non-hydrogen) atoms. The minimum absolute atomic E-state index is 0.128. The molecule has 1 aromatic heterocycles. The molecule has 2 aromatic rings. The molecule has 0 unspecified atom stereocenters. The van der Waals surface area contributed by atoms with Gasteiger partial charge in [0.25, 0.3) is 5.91 Å². The van der Waals surface area contributed by atoms with Crippen molar-refractivity contribution in [2.75, 3.05) is 13.1 Å². The van der Waals surface area contributed by atoms with Gasteiger partial charge in [-0.2, -0.15) is 0 Å². The molecule has 0 atom stereocenters. The Balaban J connectivity index is 1.63. The fraction of sp³-hybridized carbons (Fsp3) is 0.350. The van der Waals surface area contributed by atoms with Gasteiger partial charge < -0.3 is 9.88 Å². The van der Waals surface area contributed by atoms with Crippen LogP contribution < -0.4 is 5.32 Å². The second-order valence-electron chi connectivity index (χ2n) is 6.65. The molecule has 1 fully saturated rings. The molecule has 6 nitrogen and oxygen atoms in total. The highest BCUT2D eigenvalue weighted by Crippen LogP contribution is 2.23. The lowest BCUT2D eigenvalue weighted by molar-refractivity contribution is -0.138. The highest BCUT2D eigenvalue weighted by atomic mass is 35.5. The van der Waals surface area contributed by atoms with Crippen molar-refractivity contribution in [2.24, 2.45) is 0 Å². The first-order chi connectivity index (χ1) is 12.9. The van der Waals surface area contributed by atoms with Crippen LogP contribution in [-0.4, -0.2) is 40.3 Å². The maximum atomic E-state index is 12.6. The van der Waals surface area contributed by atoms with E-state index in [1.165, 1.54) is 4.90 Å². The molecule has 0 saturated carbocycles. The number of nitrogens with zero attached hydrogens (tertiary/aromatic N) is 2. The van der Waals surface area contributed by atoms with Crippen LogP contribution in [0.3, 0.4) is 0 Å². The Bertz CT molecular complexity index is 888. The number of rotatable bonds is 6. The lowest BCUT2D eigenvalue weighted by Crippen LogP contribution is -2.33. The number of amides is 3. The maximum absolute atomic E-state index is 12.6. The van der Waals surface area contributed by atoms with E-state index < -0.39 is 0 Å². The van der Waals surface area contributed by atoms with Gasteiger partial charge in [-0.1, -0.05) is 17.7 Å². The zero-order valence-corrected chi connectivity index (χ0v) is 16.2. The number of imide groups is 1. The minimum atomic E-state index is -0.171. The predicted molar refractivity (Wildman–Crippen MR) is 103 cm³/mol. The molecule has 2 heterocycles. The average molecular weight is 388 g/mol. The third kappa shape index (κ3) is 4.06. The number of hydrogen-bond acceptors (Lipinski definition) is 3. The number of aromatic nitrogens is 1. The molecule has 3 amide bonds. The van der Waals surface area contributed by atoms with E-state index in [-0.39, 0.29) is 17.7 Å². The molecular formula is C20H22ClN3O3. The monoisotopic (exact) mass is 387 g/mol. The van der Waals surface area contributed by atoms with E-state index in [0.29, 0.717) is 42.9 Å². The van der Waals surface area contributed by atoms with Crippen molar-refractivity contribution in [3.63, 3.8) is 0 Å². The molecule has 3 rings (SSSR count). The molecule has 1 aliphatic heterocycles. The number of nitrogens with one attached hydrogen (secondary N) is 1. The van der Waals surface area contributed by atoms with Gasteiger partial charge in [-0.3, -0.25) is 19.3 Å². The van der Waals surface area contributed by atoms with E-state index in [2.05, 4.69) is 5.32 Å². The Morgan fingerprint density at radius 2 is 1.85 bits per heavy atom. The Morgan fingerprint density at radius 1 is 1.15 bits per heavy atom. The van der Waals surface area contributed by atoms with Crippen molar-refractivity contribution in [3.05, 3.63) is 52.3 Å². The molecular weight excluding hydrogens is 366 g/mol. The Kier molecular flexibility index (Phi) is 5.65. The van der Waals surface area contributed by atoms with Crippen LogP contribution in [-0.2, 0) is 9.59 Å². The lowest BCUT2D eigenvalue weighted by Gasteiger charge is -2.13. The highest BCUT2D eigenvalue weighted by molar-refractivity contribution is 6.30. The van der Waals surface area contributed by atoms with Gasteiger partial charge in [-0.25, -0.2) is 0 Å². The van der Waals surface area contributed by atoms with Crippen LogP contribution in [0.5, 0.6) is 0 Å². The summed E-state index contributed by atoms with van der Waals surface area (Å²) in [7, 11) is 0. The van der Waals surface area contributed by atoms with Crippen LogP contribution in [0.15, 0.2) is 30.3 Å². The topological polar surface area (TPSA) is 71.4 Å². The summed E-state index contributed by atoms with van der Waals surface area (Å²) in [5, 5.41) is 3.51. The molecule has 0 bridgehead atoms. The molecule has 1 N–H and O–H groups in total. The molecule has 142 valence electrons. The van der Waals surface area contributed by atoms with E-state index in [1.807, 2.05) is 48.7 Å². The normalized spacial score (nSPS) is 14.1. The van der Waals surface area contributed by atoms with Crippen LogP contribution in [0.1, 0.15) is 41.0 Å². The molecule has 0 aliphatic carbocycles. The summed E-state index contributed by atoms with van der Waals surface area (Å²) in [5.41, 5.74) is 3.27. The molecule has 0 radical (unpaired) electrons. The molecule has 7 heteroatoms. The zero-order valence-electron chi connectivity index (χ0n) is 15.4. The standard InChI is InChI=1S/C20H22ClN3O3/c1-13-11-17(14(2)24(13)16-6-3-5-15(21)12-16)20(27)22-9-4-10-23-18(25)7-8-19(23)26/h3,5-6,11-12H,4,7-10H2,1-2H3,(H,22,27). The van der Waals surface area contributed by atoms with Crippen molar-refractivity contribution in [2.45, 2.75) is 33.1 Å². The number of hydrogen-bond donors (Lipinski definition) is 1. The SMILES string of the molecule is Cc1cc(C(=O)NCCCN2C(=O)CCC2=O)c(C)n1-c1cccc(Cl)c1. The number of carbonyl (C=O) groups excluding carboxylic acids is 3. The van der Waals surface area contributed by atoms with Gasteiger partial charge in [0.15, 0.2) is 0 Å². The quantitative estimate of drug-likeness (QED) is 0.611. The van der Waals surface area contributed by atoms with Gasteiger partial charge in [-0.05, 0) is 44.5 Å². The van der Waals surface area contributed by atoms with Crippen molar-refractivity contribution >= 4 is 29.3 Å². The number of carbonyl (C=O) groups is 3. The second kappa shape index (κ2) is 7.96. The van der Waals surface area contributed by atoms with E-state index >= 15 is 0 Å². The summed E-state index contributed by atoms with van der Waals surface area (Å²) in [4.78, 5) is 37.0. The Hall–Kier alpha value is -2.60. The number of likely N-dealkylation sites (tertiary alicyclic amines) is 1. The maximum Gasteiger partial charge on any atom is 0.253 e. The van der Waals surface area contributed by atoms with Crippen LogP contribution in [0.4, 0.5) is 0 Å². The van der Waals surface area contributed by atoms with E-state index in [4.69, 9.17) is 11.6 Å². The third-order valence-corrected chi connectivity index (χ3v) is 4.98. The van der Waals surface area contributed by atoms with Gasteiger partial charge in [0.1, 0.15) is 0 Å². The zero-order chi connectivity index (χ0) is 19.6. The summed E-state index contributed by atoms with van der Waals surface area (Å²) < 4.78 is 1.99. The van der Waals surface area contributed by atoms with E-state index in [9.17, 15) is 14.4 Å². The third-order valence-electron chi connectivity index (χ3n) is 4.74. The first-order valence-corrected chi connectivity index (χ1v) is 9.32. The van der Waals surface area contributed by atoms with Gasteiger partial charge in [0.2, 0.25) is 11.8 Å². The number of benzene rings is 1. The Labute approximate surface area is 163 Å². The van der Waals surface area contributed by atoms with Crippen LogP contribution in [0.25, 0.3) is 5.69 Å². The van der Waals surface area contributed by atoms with Gasteiger partial charge in [-0.15, -0.1) is 0 Å². The van der Waals surface area contributed by atoms with E-state index in [0.717, 1.165) is 17.1 Å². The van der Waals surface area contributed by atoms with E-state index in [1.54, 1.807) is 0 Å². The molecule has 0 spiro atoms. The van der Waals surface area contributed by atoms with Crippen LogP contribution >= 0.6 is 11.6 Å². The molecule has 1 saturated heterocycles. The Morgan fingerprint density at radius 3 is 2.52 bits per heavy atom. The number of aryl methyl sites for hydroxylation is 1. The first kappa shape index (κ1) is 19.2. The van der Waals surface area contributed by atoms with Crippen LogP contribution in [0, 0.1) is 13.8 Å². The van der Waals surface area contributed by atoms with Crippen molar-refractivity contribution in [1.82, 2.24) is 14.8 Å². The summed E-state index contributed by atoms with van der Waals surface area (Å²) >= 11 is 6.08. The summed E-state index contributed by atoms with van der Waals surface area (Å²) in [6.45, 7) is 4.58. The van der Waals surface area contributed by atoms with Crippen molar-refractivity contribution in [1.29, 1.82) is 0 Å². The fourth-order valence-electron chi connectivity index (χ4n) is 3.41. The lowest BCUT2D eigenvalue weighted by atomic mass is 10.2. The first-order valence-electron chi connectivity index (χ1n) is 8.94. The molecule has 1 aromatic carbocycles. The second-order valence-corrected chi connectivity index (χ2v) is 7.09. The predicted octanol–water partition coefficient (Wildman–Crippen LogP) is 3.02. The molecule has 1 aliphatic rings. The van der Waals surface area contributed by atoms with Gasteiger partial charge >= 0.3 is 0 Å². The average Bonchev–Trinajstić information content (AvgIpc) is 3.10. The van der Waals surface area contributed by atoms with Crippen LogP contribution in [0.2, 0.25) is 5.02 Å². The van der Waals surface area contributed by atoms with Gasteiger partial charge in [0, 0.05) is 48.0 Å². The number of halogens is 1. The summed E-state index contributed by atoms with van der Waals surface area (Å²) in [5.74, 6) is -0.428. The highest BCUT2D eigenvalue weighted by Gasteiger charge is 2.28. The summed E-state index contributed by atoms with van der Waals surface area (Å²) in [6.07, 6.45) is 1.12. The summed E-state index contributed by atoms with van der Waals surface area (Å²) in [6, 6.07) is 9.32. The largest absolute Gasteiger partial charge is 0.352 e. The minimum Gasteiger partial charge on any atom is -0.352 e. The van der Waals surface area contributed by atoms with Crippen molar-refractivity contribution in [3.8, 4) is 5.69 Å². The van der Waals surface area contributed by atoms with Gasteiger partial charge in [0.05, 0.1) is 5.56 Å². The fourth-order valence-corrected chi connectivity index (χ4v) is 3.60. The van der Waals surface area contributed by atoms with Crippen molar-refractivity contribution < 1.29 is 14.4 Å². The smallest absolute Gasteiger partial charge is 0.253 e.